The normalized spacial score (nSPS) is 11.9. The molecule has 0 fully saturated rings. The summed E-state index contributed by atoms with van der Waals surface area (Å²) in [7, 11) is 1.57. The van der Waals surface area contributed by atoms with E-state index in [0.29, 0.717) is 34.6 Å². The number of hydrogen-bond acceptors (Lipinski definition) is 4. The number of benzene rings is 3. The highest BCUT2D eigenvalue weighted by atomic mass is 16.5. The van der Waals surface area contributed by atoms with Gasteiger partial charge in [-0.25, -0.2) is 4.98 Å². The van der Waals surface area contributed by atoms with E-state index in [1.807, 2.05) is 63.2 Å². The molecule has 0 aliphatic carbocycles. The zero-order valence-corrected chi connectivity index (χ0v) is 19.3. The number of amides is 1. The number of para-hydroxylation sites is 2. The predicted octanol–water partition coefficient (Wildman–Crippen LogP) is 4.93. The van der Waals surface area contributed by atoms with E-state index in [4.69, 9.17) is 9.72 Å². The summed E-state index contributed by atoms with van der Waals surface area (Å²) in [5.41, 5.74) is 2.69. The summed E-state index contributed by atoms with van der Waals surface area (Å²) in [5, 5.41) is 0.541. The summed E-state index contributed by atoms with van der Waals surface area (Å²) in [6, 6.07) is 21.6. The van der Waals surface area contributed by atoms with Gasteiger partial charge in [-0.15, -0.1) is 0 Å². The second kappa shape index (κ2) is 9.28. The summed E-state index contributed by atoms with van der Waals surface area (Å²) < 4.78 is 6.93. The van der Waals surface area contributed by atoms with Gasteiger partial charge in [0.1, 0.15) is 11.6 Å². The van der Waals surface area contributed by atoms with Crippen molar-refractivity contribution in [3.8, 4) is 11.4 Å². The Bertz CT molecular complexity index is 1380. The second-order valence-corrected chi connectivity index (χ2v) is 7.91. The number of hydrogen-bond donors (Lipinski definition) is 0. The molecule has 6 nitrogen and oxygen atoms in total. The molecule has 0 saturated carbocycles. The van der Waals surface area contributed by atoms with Crippen molar-refractivity contribution in [3.05, 3.63) is 100 Å². The average Bonchev–Trinajstić information content (AvgIpc) is 2.85. The highest BCUT2D eigenvalue weighted by Crippen LogP contribution is 2.26. The maximum atomic E-state index is 13.6. The molecule has 4 aromatic rings. The van der Waals surface area contributed by atoms with E-state index in [1.165, 1.54) is 0 Å². The number of carbonyl (C=O) groups is 1. The van der Waals surface area contributed by atoms with Crippen LogP contribution in [0.4, 0.5) is 0 Å². The smallest absolute Gasteiger partial charge is 0.266 e. The second-order valence-electron chi connectivity index (χ2n) is 7.91. The molecule has 6 heteroatoms. The molecule has 33 heavy (non-hydrogen) atoms. The Labute approximate surface area is 193 Å². The van der Waals surface area contributed by atoms with Gasteiger partial charge in [0.05, 0.1) is 29.7 Å². The number of methoxy groups -OCH3 is 1. The molecular formula is C27H27N3O3. The molecule has 168 valence electrons. The molecular weight excluding hydrogens is 414 g/mol. The third kappa shape index (κ3) is 4.12. The van der Waals surface area contributed by atoms with Gasteiger partial charge in [0.15, 0.2) is 0 Å². The van der Waals surface area contributed by atoms with Crippen LogP contribution in [-0.4, -0.2) is 34.0 Å². The SMILES string of the molecule is CCN(C(=O)c1cccc(OC)c1)C(C)c1nc2ccccc2c(=O)n1-c1ccccc1C. The van der Waals surface area contributed by atoms with Crippen molar-refractivity contribution in [2.45, 2.75) is 26.8 Å². The highest BCUT2D eigenvalue weighted by molar-refractivity contribution is 5.95. The van der Waals surface area contributed by atoms with Gasteiger partial charge in [-0.2, -0.15) is 0 Å². The Morgan fingerprint density at radius 3 is 2.52 bits per heavy atom. The third-order valence-electron chi connectivity index (χ3n) is 5.92. The average molecular weight is 442 g/mol. The molecule has 3 aromatic carbocycles. The molecule has 1 atom stereocenters. The molecule has 0 radical (unpaired) electrons. The molecule has 0 aliphatic rings. The largest absolute Gasteiger partial charge is 0.497 e. The fraction of sp³-hybridized carbons (Fsp3) is 0.222. The van der Waals surface area contributed by atoms with Gasteiger partial charge >= 0.3 is 0 Å². The fourth-order valence-electron chi connectivity index (χ4n) is 4.13. The number of fused-ring (bicyclic) bond motifs is 1. The molecule has 4 rings (SSSR count). The Hall–Kier alpha value is -3.93. The molecule has 0 bridgehead atoms. The zero-order valence-electron chi connectivity index (χ0n) is 19.3. The van der Waals surface area contributed by atoms with Crippen LogP contribution in [0.5, 0.6) is 5.75 Å². The minimum atomic E-state index is -0.453. The topological polar surface area (TPSA) is 64.4 Å². The lowest BCUT2D eigenvalue weighted by Gasteiger charge is -2.30. The summed E-state index contributed by atoms with van der Waals surface area (Å²) in [5.74, 6) is 0.985. The third-order valence-corrected chi connectivity index (χ3v) is 5.92. The number of aromatic nitrogens is 2. The zero-order chi connectivity index (χ0) is 23.5. The summed E-state index contributed by atoms with van der Waals surface area (Å²) in [4.78, 5) is 33.7. The van der Waals surface area contributed by atoms with Gasteiger partial charge in [0.2, 0.25) is 0 Å². The van der Waals surface area contributed by atoms with E-state index in [2.05, 4.69) is 0 Å². The van der Waals surface area contributed by atoms with Crippen molar-refractivity contribution in [3.63, 3.8) is 0 Å². The summed E-state index contributed by atoms with van der Waals surface area (Å²) in [6.07, 6.45) is 0. The molecule has 1 aromatic heterocycles. The maximum Gasteiger partial charge on any atom is 0.266 e. The fourth-order valence-corrected chi connectivity index (χ4v) is 4.13. The van der Waals surface area contributed by atoms with Gasteiger partial charge in [0, 0.05) is 12.1 Å². The van der Waals surface area contributed by atoms with Gasteiger partial charge in [-0.05, 0) is 62.7 Å². The van der Waals surface area contributed by atoms with Gasteiger partial charge < -0.3 is 9.64 Å². The Balaban J connectivity index is 1.90. The standard InChI is InChI=1S/C27H27N3O3/c1-5-29(26(31)20-12-10-13-21(17-20)33-4)19(3)25-28-23-15-8-7-14-22(23)27(32)30(25)24-16-9-6-11-18(24)2/h6-17,19H,5H2,1-4H3. The van der Waals surface area contributed by atoms with E-state index in [1.54, 1.807) is 46.9 Å². The molecule has 0 N–H and O–H groups in total. The van der Waals surface area contributed by atoms with E-state index >= 15 is 0 Å². The number of aryl methyl sites for hydroxylation is 1. The first-order valence-corrected chi connectivity index (χ1v) is 11.0. The minimum Gasteiger partial charge on any atom is -0.497 e. The Morgan fingerprint density at radius 2 is 1.79 bits per heavy atom. The Morgan fingerprint density at radius 1 is 1.06 bits per heavy atom. The Kier molecular flexibility index (Phi) is 6.27. The van der Waals surface area contributed by atoms with E-state index < -0.39 is 6.04 Å². The molecule has 1 unspecified atom stereocenters. The first-order valence-electron chi connectivity index (χ1n) is 11.0. The quantitative estimate of drug-likeness (QED) is 0.426. The number of carbonyl (C=O) groups excluding carboxylic acids is 1. The minimum absolute atomic E-state index is 0.150. The molecule has 0 spiro atoms. The van der Waals surface area contributed by atoms with Crippen molar-refractivity contribution in [1.29, 1.82) is 0 Å². The van der Waals surface area contributed by atoms with Crippen molar-refractivity contribution >= 4 is 16.8 Å². The van der Waals surface area contributed by atoms with Crippen LogP contribution in [0.1, 0.15) is 41.6 Å². The maximum absolute atomic E-state index is 13.6. The summed E-state index contributed by atoms with van der Waals surface area (Å²) >= 11 is 0. The predicted molar refractivity (Wildman–Crippen MR) is 130 cm³/mol. The van der Waals surface area contributed by atoms with Gasteiger partial charge in [0.25, 0.3) is 11.5 Å². The number of rotatable bonds is 6. The molecule has 1 heterocycles. The first-order chi connectivity index (χ1) is 16.0. The van der Waals surface area contributed by atoms with Crippen LogP contribution in [0.2, 0.25) is 0 Å². The van der Waals surface area contributed by atoms with Gasteiger partial charge in [-0.1, -0.05) is 36.4 Å². The van der Waals surface area contributed by atoms with E-state index in [-0.39, 0.29) is 11.5 Å². The van der Waals surface area contributed by atoms with Crippen molar-refractivity contribution in [2.24, 2.45) is 0 Å². The van der Waals surface area contributed by atoms with Crippen LogP contribution in [0, 0.1) is 6.92 Å². The van der Waals surface area contributed by atoms with E-state index in [0.717, 1.165) is 11.3 Å². The number of nitrogens with zero attached hydrogens (tertiary/aromatic N) is 3. The van der Waals surface area contributed by atoms with Gasteiger partial charge in [-0.3, -0.25) is 14.2 Å². The van der Waals surface area contributed by atoms with Crippen LogP contribution < -0.4 is 10.3 Å². The molecule has 0 aliphatic heterocycles. The van der Waals surface area contributed by atoms with Crippen molar-refractivity contribution < 1.29 is 9.53 Å². The van der Waals surface area contributed by atoms with Crippen LogP contribution >= 0.6 is 0 Å². The van der Waals surface area contributed by atoms with Crippen LogP contribution in [0.15, 0.2) is 77.6 Å². The monoisotopic (exact) mass is 441 g/mol. The lowest BCUT2D eigenvalue weighted by molar-refractivity contribution is 0.0693. The first kappa shape index (κ1) is 22.3. The van der Waals surface area contributed by atoms with E-state index in [9.17, 15) is 9.59 Å². The molecule has 0 saturated heterocycles. The lowest BCUT2D eigenvalue weighted by atomic mass is 10.1. The van der Waals surface area contributed by atoms with Crippen LogP contribution in [0.3, 0.4) is 0 Å². The van der Waals surface area contributed by atoms with Crippen molar-refractivity contribution in [1.82, 2.24) is 14.5 Å². The van der Waals surface area contributed by atoms with Crippen LogP contribution in [-0.2, 0) is 0 Å². The lowest BCUT2D eigenvalue weighted by Crippen LogP contribution is -2.37. The number of ether oxygens (including phenoxy) is 1. The van der Waals surface area contributed by atoms with Crippen LogP contribution in [0.25, 0.3) is 16.6 Å². The highest BCUT2D eigenvalue weighted by Gasteiger charge is 2.27. The molecule has 1 amide bonds. The summed E-state index contributed by atoms with van der Waals surface area (Å²) in [6.45, 7) is 6.25. The van der Waals surface area contributed by atoms with Crippen molar-refractivity contribution in [2.75, 3.05) is 13.7 Å².